The Kier molecular flexibility index (Phi) is 4.31. The number of ketones is 1. The van der Waals surface area contributed by atoms with E-state index in [1.54, 1.807) is 12.4 Å². The lowest BCUT2D eigenvalue weighted by Crippen LogP contribution is -2.49. The van der Waals surface area contributed by atoms with Crippen molar-refractivity contribution in [2.75, 3.05) is 4.90 Å². The number of H-pyrrole nitrogens is 1. The molecular formula is C21H21N3O2. The van der Waals surface area contributed by atoms with Crippen LogP contribution in [0.2, 0.25) is 0 Å². The molecule has 0 radical (unpaired) electrons. The van der Waals surface area contributed by atoms with Crippen molar-refractivity contribution in [1.29, 1.82) is 0 Å². The zero-order chi connectivity index (χ0) is 18.1. The lowest BCUT2D eigenvalue weighted by Gasteiger charge is -2.39. The Bertz CT molecular complexity index is 962. The SMILES string of the molecule is CC1=CC(=O)C(OCc2ccccc2)C(C)N1c1cccc2[nH]cnc12. The average molecular weight is 347 g/mol. The predicted molar refractivity (Wildman–Crippen MR) is 102 cm³/mol. The van der Waals surface area contributed by atoms with Crippen LogP contribution in [0.4, 0.5) is 5.69 Å². The molecule has 3 aromatic rings. The van der Waals surface area contributed by atoms with E-state index in [0.717, 1.165) is 28.0 Å². The maximum Gasteiger partial charge on any atom is 0.188 e. The molecule has 1 aliphatic rings. The molecule has 5 nitrogen and oxygen atoms in total. The lowest BCUT2D eigenvalue weighted by molar-refractivity contribution is -0.128. The number of allylic oxidation sites excluding steroid dienone is 1. The van der Waals surface area contributed by atoms with Crippen molar-refractivity contribution in [3.05, 3.63) is 72.2 Å². The molecule has 1 N–H and O–H groups in total. The number of aromatic amines is 1. The van der Waals surface area contributed by atoms with Crippen LogP contribution in [0.3, 0.4) is 0 Å². The van der Waals surface area contributed by atoms with Gasteiger partial charge >= 0.3 is 0 Å². The third-order valence-electron chi connectivity index (χ3n) is 4.82. The number of ether oxygens (including phenoxy) is 1. The number of anilines is 1. The van der Waals surface area contributed by atoms with Crippen molar-refractivity contribution < 1.29 is 9.53 Å². The largest absolute Gasteiger partial charge is 0.363 e. The number of hydrogen-bond acceptors (Lipinski definition) is 4. The number of nitrogens with zero attached hydrogens (tertiary/aromatic N) is 2. The molecule has 132 valence electrons. The average Bonchev–Trinajstić information content (AvgIpc) is 3.11. The van der Waals surface area contributed by atoms with Crippen LogP contribution in [0.25, 0.3) is 11.0 Å². The number of rotatable bonds is 4. The molecule has 5 heteroatoms. The molecule has 0 spiro atoms. The molecule has 0 saturated carbocycles. The van der Waals surface area contributed by atoms with Crippen LogP contribution >= 0.6 is 0 Å². The second kappa shape index (κ2) is 6.77. The summed E-state index contributed by atoms with van der Waals surface area (Å²) in [6.45, 7) is 4.39. The molecule has 0 fully saturated rings. The van der Waals surface area contributed by atoms with Gasteiger partial charge in [-0.2, -0.15) is 0 Å². The standard InChI is InChI=1S/C21H21N3O2/c1-14-11-19(25)21(26-12-16-7-4-3-5-8-16)15(2)24(14)18-10-6-9-17-20(18)23-13-22-17/h3-11,13,15,21H,12H2,1-2H3,(H,22,23). The summed E-state index contributed by atoms with van der Waals surface area (Å²) in [5.74, 6) is 0.0105. The van der Waals surface area contributed by atoms with Gasteiger partial charge in [0.1, 0.15) is 11.6 Å². The number of carbonyl (C=O) groups excluding carboxylic acids is 1. The molecule has 0 aliphatic carbocycles. The first-order valence-corrected chi connectivity index (χ1v) is 8.74. The first-order chi connectivity index (χ1) is 12.6. The van der Waals surface area contributed by atoms with Gasteiger partial charge in [0.05, 0.1) is 30.2 Å². The second-order valence-corrected chi connectivity index (χ2v) is 6.59. The summed E-state index contributed by atoms with van der Waals surface area (Å²) in [5, 5.41) is 0. The van der Waals surface area contributed by atoms with Crippen molar-refractivity contribution >= 4 is 22.5 Å². The summed E-state index contributed by atoms with van der Waals surface area (Å²) in [6, 6.07) is 15.8. The number of fused-ring (bicyclic) bond motifs is 1. The molecule has 4 rings (SSSR count). The minimum atomic E-state index is -0.520. The van der Waals surface area contributed by atoms with Crippen LogP contribution in [0.15, 0.2) is 66.6 Å². The van der Waals surface area contributed by atoms with E-state index in [4.69, 9.17) is 4.74 Å². The molecule has 0 saturated heterocycles. The number of imidazole rings is 1. The van der Waals surface area contributed by atoms with E-state index < -0.39 is 6.10 Å². The highest BCUT2D eigenvalue weighted by Crippen LogP contribution is 2.33. The minimum Gasteiger partial charge on any atom is -0.363 e. The third kappa shape index (κ3) is 2.91. The van der Waals surface area contributed by atoms with E-state index in [1.165, 1.54) is 0 Å². The summed E-state index contributed by atoms with van der Waals surface area (Å²) in [5.41, 5.74) is 4.80. The molecule has 0 bridgehead atoms. The van der Waals surface area contributed by atoms with E-state index in [9.17, 15) is 4.79 Å². The van der Waals surface area contributed by atoms with E-state index in [-0.39, 0.29) is 11.8 Å². The smallest absolute Gasteiger partial charge is 0.188 e. The molecule has 1 aliphatic heterocycles. The Morgan fingerprint density at radius 2 is 1.96 bits per heavy atom. The molecule has 2 aromatic carbocycles. The Hall–Kier alpha value is -2.92. The van der Waals surface area contributed by atoms with Crippen LogP contribution in [-0.2, 0) is 16.1 Å². The van der Waals surface area contributed by atoms with Gasteiger partial charge in [0, 0.05) is 11.8 Å². The fraction of sp³-hybridized carbons (Fsp3) is 0.238. The van der Waals surface area contributed by atoms with Gasteiger partial charge in [-0.3, -0.25) is 4.79 Å². The van der Waals surface area contributed by atoms with Crippen molar-refractivity contribution in [3.63, 3.8) is 0 Å². The molecular weight excluding hydrogens is 326 g/mol. The molecule has 2 heterocycles. The number of aromatic nitrogens is 2. The van der Waals surface area contributed by atoms with Gasteiger partial charge in [0.15, 0.2) is 5.78 Å². The number of carbonyl (C=O) groups is 1. The zero-order valence-corrected chi connectivity index (χ0v) is 14.8. The van der Waals surface area contributed by atoms with Crippen molar-refractivity contribution in [1.82, 2.24) is 9.97 Å². The first-order valence-electron chi connectivity index (χ1n) is 8.74. The highest BCUT2D eigenvalue weighted by Gasteiger charge is 2.35. The quantitative estimate of drug-likeness (QED) is 0.779. The van der Waals surface area contributed by atoms with E-state index in [2.05, 4.69) is 14.9 Å². The third-order valence-corrected chi connectivity index (χ3v) is 4.82. The van der Waals surface area contributed by atoms with Crippen LogP contribution in [0.5, 0.6) is 0 Å². The topological polar surface area (TPSA) is 58.2 Å². The van der Waals surface area contributed by atoms with Gasteiger partial charge in [0.25, 0.3) is 0 Å². The minimum absolute atomic E-state index is 0.0105. The molecule has 2 unspecified atom stereocenters. The van der Waals surface area contributed by atoms with E-state index in [0.29, 0.717) is 6.61 Å². The van der Waals surface area contributed by atoms with Gasteiger partial charge < -0.3 is 14.6 Å². The maximum atomic E-state index is 12.6. The molecule has 1 aromatic heterocycles. The van der Waals surface area contributed by atoms with Crippen LogP contribution < -0.4 is 4.90 Å². The van der Waals surface area contributed by atoms with Crippen molar-refractivity contribution in [3.8, 4) is 0 Å². The summed E-state index contributed by atoms with van der Waals surface area (Å²) >= 11 is 0. The second-order valence-electron chi connectivity index (χ2n) is 6.59. The highest BCUT2D eigenvalue weighted by atomic mass is 16.5. The fourth-order valence-electron chi connectivity index (χ4n) is 3.59. The van der Waals surface area contributed by atoms with Gasteiger partial charge in [0.2, 0.25) is 0 Å². The Morgan fingerprint density at radius 1 is 1.15 bits per heavy atom. The molecule has 26 heavy (non-hydrogen) atoms. The number of nitrogens with one attached hydrogen (secondary N) is 1. The van der Waals surface area contributed by atoms with Gasteiger partial charge in [-0.15, -0.1) is 0 Å². The Balaban J connectivity index is 1.64. The maximum absolute atomic E-state index is 12.6. The predicted octanol–water partition coefficient (Wildman–Crippen LogP) is 3.83. The van der Waals surface area contributed by atoms with Gasteiger partial charge in [-0.25, -0.2) is 4.98 Å². The Labute approximate surface area is 152 Å². The number of para-hydroxylation sites is 1. The highest BCUT2D eigenvalue weighted by molar-refractivity contribution is 5.99. The Morgan fingerprint density at radius 3 is 2.77 bits per heavy atom. The number of hydrogen-bond donors (Lipinski definition) is 1. The normalized spacial score (nSPS) is 20.5. The van der Waals surface area contributed by atoms with Crippen LogP contribution in [-0.4, -0.2) is 27.9 Å². The summed E-state index contributed by atoms with van der Waals surface area (Å²) in [7, 11) is 0. The molecule has 0 amide bonds. The van der Waals surface area contributed by atoms with E-state index >= 15 is 0 Å². The van der Waals surface area contributed by atoms with E-state index in [1.807, 2.05) is 62.4 Å². The first kappa shape index (κ1) is 16.5. The lowest BCUT2D eigenvalue weighted by atomic mass is 9.98. The monoisotopic (exact) mass is 347 g/mol. The summed E-state index contributed by atoms with van der Waals surface area (Å²) in [4.78, 5) is 22.3. The van der Waals surface area contributed by atoms with Crippen molar-refractivity contribution in [2.45, 2.75) is 32.6 Å². The molecule has 2 atom stereocenters. The van der Waals surface area contributed by atoms with Crippen LogP contribution in [0.1, 0.15) is 19.4 Å². The fourth-order valence-corrected chi connectivity index (χ4v) is 3.59. The zero-order valence-electron chi connectivity index (χ0n) is 14.8. The van der Waals surface area contributed by atoms with Crippen LogP contribution in [0, 0.1) is 0 Å². The van der Waals surface area contributed by atoms with Gasteiger partial charge in [-0.05, 0) is 31.5 Å². The number of benzene rings is 2. The van der Waals surface area contributed by atoms with Crippen molar-refractivity contribution in [2.24, 2.45) is 0 Å². The summed E-state index contributed by atoms with van der Waals surface area (Å²) in [6.07, 6.45) is 2.84. The van der Waals surface area contributed by atoms with Gasteiger partial charge in [-0.1, -0.05) is 36.4 Å². The summed E-state index contributed by atoms with van der Waals surface area (Å²) < 4.78 is 6.02.